The maximum Gasteiger partial charge on any atom is 0.336 e. The van der Waals surface area contributed by atoms with Crippen LogP contribution in [0, 0.1) is 6.92 Å². The fourth-order valence-corrected chi connectivity index (χ4v) is 4.06. The van der Waals surface area contributed by atoms with Gasteiger partial charge in [-0.15, -0.1) is 0 Å². The Morgan fingerprint density at radius 1 is 1.16 bits per heavy atom. The summed E-state index contributed by atoms with van der Waals surface area (Å²) in [4.78, 5) is 19.0. The molecule has 2 N–H and O–H groups in total. The van der Waals surface area contributed by atoms with Crippen LogP contribution in [0.2, 0.25) is 5.02 Å². The highest BCUT2D eigenvalue weighted by molar-refractivity contribution is 6.34. The van der Waals surface area contributed by atoms with Crippen molar-refractivity contribution in [1.29, 1.82) is 0 Å². The van der Waals surface area contributed by atoms with E-state index in [1.165, 1.54) is 0 Å². The first-order valence-electron chi connectivity index (χ1n) is 9.66. The molecule has 2 aromatic heterocycles. The van der Waals surface area contributed by atoms with E-state index in [0.717, 1.165) is 27.5 Å². The number of rotatable bonds is 4. The minimum atomic E-state index is -1.00. The molecule has 0 saturated heterocycles. The number of halogens is 1. The Labute approximate surface area is 182 Å². The monoisotopic (exact) mass is 431 g/mol. The van der Waals surface area contributed by atoms with E-state index >= 15 is 0 Å². The summed E-state index contributed by atoms with van der Waals surface area (Å²) in [6, 6.07) is 17.2. The Bertz CT molecular complexity index is 1480. The van der Waals surface area contributed by atoms with E-state index in [9.17, 15) is 9.90 Å². The van der Waals surface area contributed by atoms with Crippen LogP contribution in [-0.2, 0) is 7.05 Å². The number of H-pyrrole nitrogens is 1. The van der Waals surface area contributed by atoms with Crippen molar-refractivity contribution in [1.82, 2.24) is 14.5 Å². The third-order valence-corrected chi connectivity index (χ3v) is 5.78. The van der Waals surface area contributed by atoms with E-state index < -0.39 is 5.97 Å². The van der Waals surface area contributed by atoms with Crippen LogP contribution < -0.4 is 4.74 Å². The van der Waals surface area contributed by atoms with Gasteiger partial charge in [-0.1, -0.05) is 23.7 Å². The molecule has 0 spiro atoms. The van der Waals surface area contributed by atoms with E-state index in [1.807, 2.05) is 31.4 Å². The summed E-state index contributed by atoms with van der Waals surface area (Å²) < 4.78 is 7.93. The SMILES string of the molecule is Cc1c(Oc2nc3cc(-c4ccc5c(ccn5C)c4)c(Cl)cc3[nH]2)cccc1C(=O)O. The summed E-state index contributed by atoms with van der Waals surface area (Å²) in [5.74, 6) is -0.570. The molecule has 0 saturated carbocycles. The van der Waals surface area contributed by atoms with Crippen molar-refractivity contribution in [2.45, 2.75) is 6.92 Å². The van der Waals surface area contributed by atoms with Crippen LogP contribution in [0.4, 0.5) is 0 Å². The Balaban J connectivity index is 1.54. The quantitative estimate of drug-likeness (QED) is 0.356. The number of carbonyl (C=O) groups is 1. The molecule has 154 valence electrons. The third kappa shape index (κ3) is 3.31. The van der Waals surface area contributed by atoms with Gasteiger partial charge in [-0.3, -0.25) is 0 Å². The Morgan fingerprint density at radius 3 is 2.81 bits per heavy atom. The largest absolute Gasteiger partial charge is 0.478 e. The summed E-state index contributed by atoms with van der Waals surface area (Å²) in [5, 5.41) is 11.0. The van der Waals surface area contributed by atoms with Crippen molar-refractivity contribution in [2.75, 3.05) is 0 Å². The van der Waals surface area contributed by atoms with Crippen LogP contribution in [0.5, 0.6) is 11.8 Å². The number of imidazole rings is 1. The number of ether oxygens (including phenoxy) is 1. The number of hydrogen-bond donors (Lipinski definition) is 2. The number of aromatic nitrogens is 3. The van der Waals surface area contributed by atoms with Crippen LogP contribution in [0.3, 0.4) is 0 Å². The van der Waals surface area contributed by atoms with Crippen molar-refractivity contribution in [3.05, 3.63) is 76.9 Å². The molecule has 0 bridgehead atoms. The van der Waals surface area contributed by atoms with E-state index in [1.54, 1.807) is 25.1 Å². The van der Waals surface area contributed by atoms with Crippen LogP contribution in [0.15, 0.2) is 60.8 Å². The minimum absolute atomic E-state index is 0.190. The van der Waals surface area contributed by atoms with Gasteiger partial charge in [0, 0.05) is 35.3 Å². The summed E-state index contributed by atoms with van der Waals surface area (Å²) >= 11 is 6.59. The number of carboxylic acid groups (broad SMARTS) is 1. The van der Waals surface area contributed by atoms with E-state index in [4.69, 9.17) is 16.3 Å². The van der Waals surface area contributed by atoms with Gasteiger partial charge in [-0.05, 0) is 55.0 Å². The molecule has 2 heterocycles. The maximum absolute atomic E-state index is 11.4. The lowest BCUT2D eigenvalue weighted by Gasteiger charge is -2.07. The molecule has 6 nitrogen and oxygen atoms in total. The first-order chi connectivity index (χ1) is 14.9. The van der Waals surface area contributed by atoms with Crippen LogP contribution in [0.1, 0.15) is 15.9 Å². The Morgan fingerprint density at radius 2 is 2.00 bits per heavy atom. The second-order valence-corrected chi connectivity index (χ2v) is 7.83. The van der Waals surface area contributed by atoms with E-state index in [0.29, 0.717) is 21.9 Å². The van der Waals surface area contributed by atoms with Gasteiger partial charge in [0.1, 0.15) is 5.75 Å². The Hall–Kier alpha value is -3.77. The summed E-state index contributed by atoms with van der Waals surface area (Å²) in [6.45, 7) is 1.70. The Kier molecular flexibility index (Phi) is 4.45. The normalized spacial score (nSPS) is 11.3. The van der Waals surface area contributed by atoms with Gasteiger partial charge in [0.05, 0.1) is 21.6 Å². The van der Waals surface area contributed by atoms with E-state index in [-0.39, 0.29) is 11.6 Å². The standard InChI is InChI=1S/C24H18ClN3O3/c1-13-16(23(29)30)4-3-5-22(13)31-24-26-19-11-17(18(25)12-20(19)27-24)14-6-7-21-15(10-14)8-9-28(21)2/h3-12H,1-2H3,(H,26,27)(H,29,30). The molecule has 0 aliphatic carbocycles. The van der Waals surface area contributed by atoms with Crippen molar-refractivity contribution in [2.24, 2.45) is 7.05 Å². The number of aryl methyl sites for hydroxylation is 1. The van der Waals surface area contributed by atoms with Crippen molar-refractivity contribution in [3.63, 3.8) is 0 Å². The number of aromatic carboxylic acids is 1. The maximum atomic E-state index is 11.4. The van der Waals surface area contributed by atoms with Gasteiger partial charge in [-0.25, -0.2) is 4.79 Å². The first-order valence-corrected chi connectivity index (χ1v) is 10.0. The number of hydrogen-bond acceptors (Lipinski definition) is 3. The summed E-state index contributed by atoms with van der Waals surface area (Å²) in [5.41, 5.74) is 5.19. The highest BCUT2D eigenvalue weighted by Crippen LogP contribution is 2.35. The molecular formula is C24H18ClN3O3. The van der Waals surface area contributed by atoms with Gasteiger partial charge in [-0.2, -0.15) is 4.98 Å². The number of nitrogens with one attached hydrogen (secondary N) is 1. The molecule has 5 rings (SSSR count). The van der Waals surface area contributed by atoms with Crippen molar-refractivity contribution in [3.8, 4) is 22.9 Å². The van der Waals surface area contributed by atoms with Gasteiger partial charge < -0.3 is 19.4 Å². The second-order valence-electron chi connectivity index (χ2n) is 7.43. The van der Waals surface area contributed by atoms with Gasteiger partial charge in [0.2, 0.25) is 0 Å². The van der Waals surface area contributed by atoms with Crippen molar-refractivity contribution >= 4 is 39.5 Å². The average molecular weight is 432 g/mol. The smallest absolute Gasteiger partial charge is 0.336 e. The average Bonchev–Trinajstić information content (AvgIpc) is 3.30. The molecule has 31 heavy (non-hydrogen) atoms. The number of nitrogens with zero attached hydrogens (tertiary/aromatic N) is 2. The predicted molar refractivity (Wildman–Crippen MR) is 121 cm³/mol. The number of carboxylic acids is 1. The molecule has 5 aromatic rings. The zero-order valence-corrected chi connectivity index (χ0v) is 17.6. The van der Waals surface area contributed by atoms with Gasteiger partial charge in [0.25, 0.3) is 6.01 Å². The molecule has 0 aliphatic rings. The fraction of sp³-hybridized carbons (Fsp3) is 0.0833. The topological polar surface area (TPSA) is 80.1 Å². The van der Waals surface area contributed by atoms with Crippen LogP contribution >= 0.6 is 11.6 Å². The number of aromatic amines is 1. The molecular weight excluding hydrogens is 414 g/mol. The van der Waals surface area contributed by atoms with Gasteiger partial charge in [0.15, 0.2) is 0 Å². The summed E-state index contributed by atoms with van der Waals surface area (Å²) in [7, 11) is 2.01. The number of benzene rings is 3. The van der Waals surface area contributed by atoms with Crippen molar-refractivity contribution < 1.29 is 14.6 Å². The van der Waals surface area contributed by atoms with Crippen LogP contribution in [0.25, 0.3) is 33.1 Å². The molecule has 0 amide bonds. The molecule has 0 radical (unpaired) electrons. The van der Waals surface area contributed by atoms with E-state index in [2.05, 4.69) is 32.7 Å². The highest BCUT2D eigenvalue weighted by Gasteiger charge is 2.15. The predicted octanol–water partition coefficient (Wildman–Crippen LogP) is 6.17. The fourth-order valence-electron chi connectivity index (χ4n) is 3.79. The van der Waals surface area contributed by atoms with Crippen LogP contribution in [-0.4, -0.2) is 25.6 Å². The first kappa shape index (κ1) is 19.2. The lowest BCUT2D eigenvalue weighted by molar-refractivity contribution is 0.0695. The summed E-state index contributed by atoms with van der Waals surface area (Å²) in [6.07, 6.45) is 2.03. The highest BCUT2D eigenvalue weighted by atomic mass is 35.5. The molecule has 0 aliphatic heterocycles. The lowest BCUT2D eigenvalue weighted by Crippen LogP contribution is -2.01. The molecule has 0 unspecified atom stereocenters. The zero-order chi connectivity index (χ0) is 21.7. The number of fused-ring (bicyclic) bond motifs is 2. The molecule has 0 atom stereocenters. The molecule has 7 heteroatoms. The third-order valence-electron chi connectivity index (χ3n) is 5.47. The molecule has 0 fully saturated rings. The zero-order valence-electron chi connectivity index (χ0n) is 16.8. The lowest BCUT2D eigenvalue weighted by atomic mass is 10.0. The second kappa shape index (κ2) is 7.18. The van der Waals surface area contributed by atoms with Gasteiger partial charge >= 0.3 is 5.97 Å². The molecule has 3 aromatic carbocycles. The minimum Gasteiger partial charge on any atom is -0.478 e.